The summed E-state index contributed by atoms with van der Waals surface area (Å²) in [7, 11) is 3.83. The molecule has 0 amide bonds. The van der Waals surface area contributed by atoms with Crippen LogP contribution in [0, 0.1) is 6.92 Å². The highest BCUT2D eigenvalue weighted by molar-refractivity contribution is 7.95. The van der Waals surface area contributed by atoms with E-state index < -0.39 is 5.67 Å². The number of nitrogens with zero attached hydrogens (tertiary/aromatic N) is 1. The Hall–Kier alpha value is -0.580. The van der Waals surface area contributed by atoms with Crippen LogP contribution in [0.25, 0.3) is 0 Å². The summed E-state index contributed by atoms with van der Waals surface area (Å²) in [5, 5.41) is 0. The fourth-order valence-electron chi connectivity index (χ4n) is 1.30. The summed E-state index contributed by atoms with van der Waals surface area (Å²) in [5.74, 6) is 0. The zero-order valence-corrected chi connectivity index (χ0v) is 11.1. The number of aryl methyl sites for hydroxylation is 1. The van der Waals surface area contributed by atoms with Gasteiger partial charge in [-0.25, -0.2) is 13.4 Å². The molecular formula is C12H19FN2S. The first-order valence-corrected chi connectivity index (χ1v) is 6.02. The van der Waals surface area contributed by atoms with Crippen molar-refractivity contribution in [2.45, 2.75) is 19.5 Å². The number of nitrogens with one attached hydrogen (secondary N) is 1. The Morgan fingerprint density at radius 1 is 1.31 bits per heavy atom. The van der Waals surface area contributed by atoms with Crippen LogP contribution in [0.3, 0.4) is 0 Å². The fraction of sp³-hybridized carbons (Fsp3) is 0.500. The van der Waals surface area contributed by atoms with Crippen LogP contribution < -0.4 is 4.72 Å². The topological polar surface area (TPSA) is 15.3 Å². The highest BCUT2D eigenvalue weighted by atomic mass is 32.2. The first kappa shape index (κ1) is 13.5. The molecule has 0 aliphatic rings. The van der Waals surface area contributed by atoms with Crippen LogP contribution in [0.1, 0.15) is 18.1 Å². The minimum atomic E-state index is -1.34. The Balaban J connectivity index is 2.59. The van der Waals surface area contributed by atoms with Crippen LogP contribution in [-0.2, 0) is 5.67 Å². The van der Waals surface area contributed by atoms with Crippen molar-refractivity contribution in [1.29, 1.82) is 0 Å². The summed E-state index contributed by atoms with van der Waals surface area (Å²) >= 11 is 1.40. The molecule has 1 atom stereocenters. The summed E-state index contributed by atoms with van der Waals surface area (Å²) in [6.45, 7) is 3.89. The van der Waals surface area contributed by atoms with E-state index in [1.165, 1.54) is 12.1 Å². The summed E-state index contributed by atoms with van der Waals surface area (Å²) < 4.78 is 19.2. The van der Waals surface area contributed by atoms with Gasteiger partial charge in [-0.2, -0.15) is 0 Å². The summed E-state index contributed by atoms with van der Waals surface area (Å²) in [6.07, 6.45) is 0. The molecule has 4 heteroatoms. The Bertz CT molecular complexity index is 322. The predicted molar refractivity (Wildman–Crippen MR) is 68.9 cm³/mol. The van der Waals surface area contributed by atoms with Crippen molar-refractivity contribution in [3.05, 3.63) is 35.4 Å². The Morgan fingerprint density at radius 3 is 2.38 bits per heavy atom. The maximum atomic E-state index is 14.3. The lowest BCUT2D eigenvalue weighted by molar-refractivity contribution is 0.198. The van der Waals surface area contributed by atoms with Gasteiger partial charge in [0.15, 0.2) is 0 Å². The van der Waals surface area contributed by atoms with Crippen LogP contribution in [0.4, 0.5) is 4.39 Å². The molecule has 1 unspecified atom stereocenters. The molecule has 2 nitrogen and oxygen atoms in total. The summed E-state index contributed by atoms with van der Waals surface area (Å²) in [5.41, 5.74) is 0.525. The van der Waals surface area contributed by atoms with Gasteiger partial charge in [-0.15, -0.1) is 0 Å². The van der Waals surface area contributed by atoms with Crippen molar-refractivity contribution in [3.8, 4) is 0 Å². The van der Waals surface area contributed by atoms with Gasteiger partial charge in [-0.05, 0) is 33.5 Å². The molecule has 0 radical (unpaired) electrons. The van der Waals surface area contributed by atoms with Crippen LogP contribution >= 0.6 is 12.1 Å². The molecule has 90 valence electrons. The molecule has 0 fully saturated rings. The number of halogens is 1. The van der Waals surface area contributed by atoms with E-state index in [4.69, 9.17) is 0 Å². The van der Waals surface area contributed by atoms with Crippen molar-refractivity contribution in [1.82, 2.24) is 9.03 Å². The van der Waals surface area contributed by atoms with E-state index in [0.29, 0.717) is 12.1 Å². The molecule has 0 aromatic heterocycles. The third-order valence-corrected chi connectivity index (χ3v) is 2.94. The van der Waals surface area contributed by atoms with E-state index in [-0.39, 0.29) is 0 Å². The Morgan fingerprint density at radius 2 is 1.88 bits per heavy atom. The maximum absolute atomic E-state index is 14.3. The standard InChI is InChI=1S/C12H19FN2S/c1-10-5-7-11(8-6-10)12(2,13)9-14-16-15(3)4/h5-8,14H,9H2,1-4H3. The third-order valence-electron chi connectivity index (χ3n) is 2.30. The molecule has 0 spiro atoms. The van der Waals surface area contributed by atoms with Gasteiger partial charge in [0, 0.05) is 18.7 Å². The fourth-order valence-corrected chi connectivity index (χ4v) is 1.89. The molecule has 1 N–H and O–H groups in total. The largest absolute Gasteiger partial charge is 0.247 e. The van der Waals surface area contributed by atoms with Gasteiger partial charge in [-0.1, -0.05) is 29.8 Å². The summed E-state index contributed by atoms with van der Waals surface area (Å²) in [4.78, 5) is 0. The average molecular weight is 242 g/mol. The van der Waals surface area contributed by atoms with Crippen molar-refractivity contribution in [2.24, 2.45) is 0 Å². The van der Waals surface area contributed by atoms with Gasteiger partial charge >= 0.3 is 0 Å². The van der Waals surface area contributed by atoms with Crippen molar-refractivity contribution >= 4 is 12.1 Å². The lowest BCUT2D eigenvalue weighted by Crippen LogP contribution is -2.29. The minimum absolute atomic E-state index is 0.291. The van der Waals surface area contributed by atoms with Gasteiger partial charge in [0.05, 0.1) is 0 Å². The molecule has 1 aromatic carbocycles. The van der Waals surface area contributed by atoms with Gasteiger partial charge in [-0.3, -0.25) is 0 Å². The van der Waals surface area contributed by atoms with E-state index in [9.17, 15) is 4.39 Å². The number of hydrogen-bond donors (Lipinski definition) is 1. The molecule has 0 aliphatic heterocycles. The quantitative estimate of drug-likeness (QED) is 0.799. The second-order valence-corrected chi connectivity index (χ2v) is 5.49. The number of benzene rings is 1. The summed E-state index contributed by atoms with van der Waals surface area (Å²) in [6, 6.07) is 7.56. The second-order valence-electron chi connectivity index (χ2n) is 4.29. The van der Waals surface area contributed by atoms with E-state index >= 15 is 0 Å². The number of hydrogen-bond acceptors (Lipinski definition) is 3. The van der Waals surface area contributed by atoms with Gasteiger partial charge in [0.25, 0.3) is 0 Å². The number of rotatable bonds is 5. The predicted octanol–water partition coefficient (Wildman–Crippen LogP) is 2.89. The van der Waals surface area contributed by atoms with Crippen molar-refractivity contribution in [3.63, 3.8) is 0 Å². The molecule has 0 bridgehead atoms. The molecule has 0 saturated heterocycles. The molecule has 1 rings (SSSR count). The smallest absolute Gasteiger partial charge is 0.146 e. The zero-order chi connectivity index (χ0) is 12.2. The zero-order valence-electron chi connectivity index (χ0n) is 10.2. The Kier molecular flexibility index (Phi) is 4.77. The van der Waals surface area contributed by atoms with E-state index in [1.54, 1.807) is 6.92 Å². The van der Waals surface area contributed by atoms with Gasteiger partial charge in [0.1, 0.15) is 5.67 Å². The minimum Gasteiger partial charge on any atom is -0.247 e. The van der Waals surface area contributed by atoms with E-state index in [1.807, 2.05) is 49.6 Å². The van der Waals surface area contributed by atoms with Crippen LogP contribution in [0.15, 0.2) is 24.3 Å². The normalized spacial score (nSPS) is 15.1. The van der Waals surface area contributed by atoms with Gasteiger partial charge < -0.3 is 0 Å². The third kappa shape index (κ3) is 4.12. The first-order valence-electron chi connectivity index (χ1n) is 5.25. The maximum Gasteiger partial charge on any atom is 0.146 e. The highest BCUT2D eigenvalue weighted by Crippen LogP contribution is 2.25. The molecule has 16 heavy (non-hydrogen) atoms. The van der Waals surface area contributed by atoms with Crippen molar-refractivity contribution < 1.29 is 4.39 Å². The molecular weight excluding hydrogens is 223 g/mol. The molecule has 0 saturated carbocycles. The lowest BCUT2D eigenvalue weighted by Gasteiger charge is -2.22. The SMILES string of the molecule is Cc1ccc(C(C)(F)CNSN(C)C)cc1. The first-order chi connectivity index (χ1) is 7.42. The average Bonchev–Trinajstić information content (AvgIpc) is 2.17. The molecule has 0 heterocycles. The second kappa shape index (κ2) is 5.66. The monoisotopic (exact) mass is 242 g/mol. The highest BCUT2D eigenvalue weighted by Gasteiger charge is 2.25. The van der Waals surface area contributed by atoms with Crippen LogP contribution in [0.5, 0.6) is 0 Å². The molecule has 0 aliphatic carbocycles. The lowest BCUT2D eigenvalue weighted by atomic mass is 9.97. The van der Waals surface area contributed by atoms with Crippen molar-refractivity contribution in [2.75, 3.05) is 20.6 Å². The van der Waals surface area contributed by atoms with E-state index in [0.717, 1.165) is 5.56 Å². The number of alkyl halides is 1. The van der Waals surface area contributed by atoms with Gasteiger partial charge in [0.2, 0.25) is 0 Å². The van der Waals surface area contributed by atoms with Crippen LogP contribution in [0.2, 0.25) is 0 Å². The Labute approximate surface area is 101 Å². The molecule has 1 aromatic rings. The van der Waals surface area contributed by atoms with Crippen LogP contribution in [-0.4, -0.2) is 24.9 Å². The van der Waals surface area contributed by atoms with E-state index in [2.05, 4.69) is 4.72 Å².